The van der Waals surface area contributed by atoms with Gasteiger partial charge in [-0.15, -0.1) is 10.2 Å². The van der Waals surface area contributed by atoms with Crippen LogP contribution in [-0.2, 0) is 0 Å². The number of carbonyl (C=O) groups excluding carboxylic acids is 1. The number of anilines is 3. The van der Waals surface area contributed by atoms with Gasteiger partial charge in [0.1, 0.15) is 0 Å². The Balaban J connectivity index is 1.71. The molecule has 0 aliphatic carbocycles. The quantitative estimate of drug-likeness (QED) is 0.743. The van der Waals surface area contributed by atoms with Crippen LogP contribution in [0.5, 0.6) is 0 Å². The second-order valence-electron chi connectivity index (χ2n) is 6.07. The van der Waals surface area contributed by atoms with Crippen molar-refractivity contribution in [3.8, 4) is 0 Å². The van der Waals surface area contributed by atoms with Crippen LogP contribution in [0.3, 0.4) is 0 Å². The Hall–Kier alpha value is -3.21. The number of nitrogens with one attached hydrogen (secondary N) is 2. The van der Waals surface area contributed by atoms with Crippen LogP contribution in [-0.4, -0.2) is 16.1 Å². The molecule has 25 heavy (non-hydrogen) atoms. The minimum atomic E-state index is -0.281. The van der Waals surface area contributed by atoms with E-state index in [2.05, 4.69) is 39.0 Å². The van der Waals surface area contributed by atoms with Crippen LogP contribution in [0.1, 0.15) is 27.2 Å². The normalized spacial score (nSPS) is 10.4. The Morgan fingerprint density at radius 3 is 2.40 bits per heavy atom. The van der Waals surface area contributed by atoms with Crippen molar-refractivity contribution in [3.05, 3.63) is 77.0 Å². The smallest absolute Gasteiger partial charge is 0.276 e. The average molecular weight is 332 g/mol. The number of hydrogen-bond acceptors (Lipinski definition) is 4. The summed E-state index contributed by atoms with van der Waals surface area (Å²) < 4.78 is 0. The van der Waals surface area contributed by atoms with Crippen molar-refractivity contribution in [2.75, 3.05) is 10.6 Å². The molecule has 2 aromatic carbocycles. The number of aryl methyl sites for hydroxylation is 3. The fourth-order valence-electron chi connectivity index (χ4n) is 2.45. The van der Waals surface area contributed by atoms with Crippen LogP contribution in [0.4, 0.5) is 17.2 Å². The molecular formula is C20H20N4O. The molecule has 1 aromatic heterocycles. The molecule has 3 rings (SSSR count). The predicted octanol–water partition coefficient (Wildman–Crippen LogP) is 4.40. The summed E-state index contributed by atoms with van der Waals surface area (Å²) in [6.07, 6.45) is 0. The van der Waals surface area contributed by atoms with Gasteiger partial charge in [0.25, 0.3) is 5.91 Å². The number of hydrogen-bond donors (Lipinski definition) is 2. The molecule has 0 fully saturated rings. The van der Waals surface area contributed by atoms with E-state index >= 15 is 0 Å². The maximum Gasteiger partial charge on any atom is 0.276 e. The first-order valence-electron chi connectivity index (χ1n) is 8.07. The van der Waals surface area contributed by atoms with Gasteiger partial charge in [-0.1, -0.05) is 24.3 Å². The largest absolute Gasteiger partial charge is 0.339 e. The number of amides is 1. The zero-order chi connectivity index (χ0) is 17.8. The highest BCUT2D eigenvalue weighted by atomic mass is 16.1. The molecular weight excluding hydrogens is 312 g/mol. The summed E-state index contributed by atoms with van der Waals surface area (Å²) in [5.74, 6) is 0.317. The van der Waals surface area contributed by atoms with Crippen LogP contribution in [0.25, 0.3) is 0 Å². The number of carbonyl (C=O) groups is 1. The minimum Gasteiger partial charge on any atom is -0.339 e. The van der Waals surface area contributed by atoms with E-state index in [4.69, 9.17) is 0 Å². The first-order chi connectivity index (χ1) is 12.0. The van der Waals surface area contributed by atoms with E-state index in [9.17, 15) is 4.79 Å². The van der Waals surface area contributed by atoms with Crippen molar-refractivity contribution in [2.24, 2.45) is 0 Å². The third-order valence-corrected chi connectivity index (χ3v) is 3.83. The van der Waals surface area contributed by atoms with Gasteiger partial charge in [0.05, 0.1) is 0 Å². The number of aromatic nitrogens is 2. The predicted molar refractivity (Wildman–Crippen MR) is 100 cm³/mol. The maximum atomic E-state index is 12.3. The van der Waals surface area contributed by atoms with Crippen LogP contribution < -0.4 is 10.6 Å². The van der Waals surface area contributed by atoms with Crippen LogP contribution in [0.15, 0.2) is 54.6 Å². The Morgan fingerprint density at radius 2 is 1.68 bits per heavy atom. The molecule has 0 spiro atoms. The van der Waals surface area contributed by atoms with Crippen molar-refractivity contribution >= 4 is 23.1 Å². The molecule has 1 amide bonds. The van der Waals surface area contributed by atoms with Crippen molar-refractivity contribution in [1.82, 2.24) is 10.2 Å². The fourth-order valence-corrected chi connectivity index (χ4v) is 2.45. The standard InChI is InChI=1S/C20H20N4O/c1-13-5-4-6-16(11-13)21-20(25)17-9-10-19(24-23-17)22-18-12-14(2)7-8-15(18)3/h4-12H,1-3H3,(H,21,25)(H,22,24). The molecule has 0 aliphatic rings. The molecule has 0 atom stereocenters. The lowest BCUT2D eigenvalue weighted by atomic mass is 10.1. The maximum absolute atomic E-state index is 12.3. The lowest BCUT2D eigenvalue weighted by molar-refractivity contribution is 0.102. The van der Waals surface area contributed by atoms with Gasteiger partial charge < -0.3 is 10.6 Å². The van der Waals surface area contributed by atoms with Gasteiger partial charge in [-0.3, -0.25) is 4.79 Å². The molecule has 0 unspecified atom stereocenters. The second kappa shape index (κ2) is 7.13. The highest BCUT2D eigenvalue weighted by molar-refractivity contribution is 6.02. The summed E-state index contributed by atoms with van der Waals surface area (Å²) in [4.78, 5) is 12.3. The molecule has 0 saturated heterocycles. The van der Waals surface area contributed by atoms with E-state index in [1.165, 1.54) is 0 Å². The molecule has 0 radical (unpaired) electrons. The van der Waals surface area contributed by atoms with E-state index in [1.54, 1.807) is 12.1 Å². The van der Waals surface area contributed by atoms with Crippen molar-refractivity contribution in [2.45, 2.75) is 20.8 Å². The topological polar surface area (TPSA) is 66.9 Å². The molecule has 126 valence electrons. The van der Waals surface area contributed by atoms with Gasteiger partial charge in [-0.25, -0.2) is 0 Å². The van der Waals surface area contributed by atoms with Gasteiger partial charge in [-0.05, 0) is 67.8 Å². The monoisotopic (exact) mass is 332 g/mol. The van der Waals surface area contributed by atoms with Crippen molar-refractivity contribution < 1.29 is 4.79 Å². The van der Waals surface area contributed by atoms with Gasteiger partial charge in [0.2, 0.25) is 0 Å². The number of rotatable bonds is 4. The van der Waals surface area contributed by atoms with Gasteiger partial charge >= 0.3 is 0 Å². The van der Waals surface area contributed by atoms with E-state index in [0.717, 1.165) is 28.1 Å². The van der Waals surface area contributed by atoms with E-state index < -0.39 is 0 Å². The zero-order valence-corrected chi connectivity index (χ0v) is 14.5. The van der Waals surface area contributed by atoms with Crippen LogP contribution in [0, 0.1) is 20.8 Å². The summed E-state index contributed by atoms with van der Waals surface area (Å²) >= 11 is 0. The molecule has 5 nitrogen and oxygen atoms in total. The van der Waals surface area contributed by atoms with E-state index in [1.807, 2.05) is 45.0 Å². The lowest BCUT2D eigenvalue weighted by Gasteiger charge is -2.10. The SMILES string of the molecule is Cc1cccc(NC(=O)c2ccc(Nc3cc(C)ccc3C)nn2)c1. The Bertz CT molecular complexity index is 904. The van der Waals surface area contributed by atoms with Crippen LogP contribution >= 0.6 is 0 Å². The van der Waals surface area contributed by atoms with Crippen molar-refractivity contribution in [1.29, 1.82) is 0 Å². The fraction of sp³-hybridized carbons (Fsp3) is 0.150. The lowest BCUT2D eigenvalue weighted by Crippen LogP contribution is -2.14. The Labute approximate surface area is 147 Å². The summed E-state index contributed by atoms with van der Waals surface area (Å²) in [6.45, 7) is 6.04. The van der Waals surface area contributed by atoms with Gasteiger partial charge in [0, 0.05) is 11.4 Å². The number of benzene rings is 2. The second-order valence-corrected chi connectivity index (χ2v) is 6.07. The van der Waals surface area contributed by atoms with Crippen molar-refractivity contribution in [3.63, 3.8) is 0 Å². The highest BCUT2D eigenvalue weighted by Gasteiger charge is 2.09. The summed E-state index contributed by atoms with van der Waals surface area (Å²) in [7, 11) is 0. The molecule has 1 heterocycles. The summed E-state index contributed by atoms with van der Waals surface area (Å²) in [5, 5.41) is 14.2. The zero-order valence-electron chi connectivity index (χ0n) is 14.5. The number of nitrogens with zero attached hydrogens (tertiary/aromatic N) is 2. The van der Waals surface area contributed by atoms with E-state index in [0.29, 0.717) is 5.82 Å². The molecule has 5 heteroatoms. The van der Waals surface area contributed by atoms with Gasteiger partial charge in [-0.2, -0.15) is 0 Å². The first kappa shape index (κ1) is 16.6. The first-order valence-corrected chi connectivity index (χ1v) is 8.07. The Morgan fingerprint density at radius 1 is 0.880 bits per heavy atom. The Kier molecular flexibility index (Phi) is 4.75. The highest BCUT2D eigenvalue weighted by Crippen LogP contribution is 2.20. The minimum absolute atomic E-state index is 0.271. The summed E-state index contributed by atoms with van der Waals surface area (Å²) in [5.41, 5.74) is 5.35. The molecule has 0 saturated carbocycles. The molecule has 3 aromatic rings. The third kappa shape index (κ3) is 4.20. The summed E-state index contributed by atoms with van der Waals surface area (Å²) in [6, 6.07) is 17.2. The molecule has 0 aliphatic heterocycles. The molecule has 2 N–H and O–H groups in total. The molecule has 0 bridgehead atoms. The average Bonchev–Trinajstić information content (AvgIpc) is 2.59. The van der Waals surface area contributed by atoms with Crippen LogP contribution in [0.2, 0.25) is 0 Å². The van der Waals surface area contributed by atoms with E-state index in [-0.39, 0.29) is 11.6 Å². The van der Waals surface area contributed by atoms with Gasteiger partial charge in [0.15, 0.2) is 11.5 Å². The third-order valence-electron chi connectivity index (χ3n) is 3.83.